The van der Waals surface area contributed by atoms with Crippen molar-refractivity contribution in [3.05, 3.63) is 0 Å². The normalized spacial score (nSPS) is 31.8. The molecule has 0 bridgehead atoms. The van der Waals surface area contributed by atoms with E-state index in [1.54, 1.807) is 0 Å². The van der Waals surface area contributed by atoms with Gasteiger partial charge in [-0.3, -0.25) is 0 Å². The zero-order valence-electron chi connectivity index (χ0n) is 10.4. The Bertz CT molecular complexity index is 161. The van der Waals surface area contributed by atoms with Gasteiger partial charge in [-0.2, -0.15) is 0 Å². The van der Waals surface area contributed by atoms with E-state index in [9.17, 15) is 0 Å². The molecule has 1 fully saturated rings. The van der Waals surface area contributed by atoms with E-state index in [2.05, 4.69) is 13.8 Å². The first-order valence-corrected chi connectivity index (χ1v) is 6.59. The van der Waals surface area contributed by atoms with Crippen LogP contribution in [-0.2, 0) is 4.74 Å². The van der Waals surface area contributed by atoms with Crippen LogP contribution in [0.5, 0.6) is 0 Å². The highest BCUT2D eigenvalue weighted by atomic mass is 16.5. The summed E-state index contributed by atoms with van der Waals surface area (Å²) < 4.78 is 5.69. The molecule has 3 atom stereocenters. The number of nitrogens with two attached hydrogens (primary N) is 1. The van der Waals surface area contributed by atoms with Crippen molar-refractivity contribution in [1.82, 2.24) is 0 Å². The molecule has 2 nitrogen and oxygen atoms in total. The molecule has 0 aliphatic heterocycles. The predicted octanol–water partition coefficient (Wildman–Crippen LogP) is 2.81. The number of ether oxygens (including phenoxy) is 1. The Kier molecular flexibility index (Phi) is 6.26. The maximum atomic E-state index is 5.83. The fourth-order valence-electron chi connectivity index (χ4n) is 2.69. The molecule has 3 unspecified atom stereocenters. The molecule has 1 aliphatic carbocycles. The molecule has 0 spiro atoms. The fraction of sp³-hybridized carbons (Fsp3) is 1.00. The molecule has 0 aromatic rings. The van der Waals surface area contributed by atoms with Crippen molar-refractivity contribution in [2.75, 3.05) is 19.8 Å². The molecule has 1 rings (SSSR count). The van der Waals surface area contributed by atoms with Gasteiger partial charge in [0, 0.05) is 13.2 Å². The second-order valence-electron chi connectivity index (χ2n) is 4.92. The second-order valence-corrected chi connectivity index (χ2v) is 4.92. The third-order valence-electron chi connectivity index (χ3n) is 3.81. The Labute approximate surface area is 94.6 Å². The lowest BCUT2D eigenvalue weighted by Crippen LogP contribution is -2.33. The molecule has 0 amide bonds. The van der Waals surface area contributed by atoms with Gasteiger partial charge < -0.3 is 10.5 Å². The van der Waals surface area contributed by atoms with Crippen LogP contribution in [0, 0.1) is 17.8 Å². The van der Waals surface area contributed by atoms with E-state index in [-0.39, 0.29) is 0 Å². The van der Waals surface area contributed by atoms with E-state index in [1.807, 2.05) is 0 Å². The second kappa shape index (κ2) is 7.24. The van der Waals surface area contributed by atoms with Crippen LogP contribution in [0.4, 0.5) is 0 Å². The Morgan fingerprint density at radius 1 is 1.20 bits per heavy atom. The summed E-state index contributed by atoms with van der Waals surface area (Å²) >= 11 is 0. The average molecular weight is 213 g/mol. The quantitative estimate of drug-likeness (QED) is 0.689. The molecular formula is C13H27NO. The van der Waals surface area contributed by atoms with Crippen LogP contribution in [0.2, 0.25) is 0 Å². The molecule has 90 valence electrons. The molecule has 0 aromatic carbocycles. The zero-order chi connectivity index (χ0) is 11.1. The Hall–Kier alpha value is -0.0800. The highest BCUT2D eigenvalue weighted by Gasteiger charge is 2.28. The van der Waals surface area contributed by atoms with Crippen LogP contribution in [0.3, 0.4) is 0 Å². The largest absolute Gasteiger partial charge is 0.381 e. The van der Waals surface area contributed by atoms with Crippen molar-refractivity contribution in [3.63, 3.8) is 0 Å². The van der Waals surface area contributed by atoms with Crippen molar-refractivity contribution in [1.29, 1.82) is 0 Å². The lowest BCUT2D eigenvalue weighted by Gasteiger charge is -2.35. The first kappa shape index (κ1) is 13.0. The van der Waals surface area contributed by atoms with Crippen LogP contribution in [-0.4, -0.2) is 19.8 Å². The molecule has 15 heavy (non-hydrogen) atoms. The van der Waals surface area contributed by atoms with E-state index >= 15 is 0 Å². The maximum absolute atomic E-state index is 5.83. The van der Waals surface area contributed by atoms with Gasteiger partial charge in [-0.25, -0.2) is 0 Å². The summed E-state index contributed by atoms with van der Waals surface area (Å²) in [7, 11) is 0. The van der Waals surface area contributed by atoms with Crippen molar-refractivity contribution in [2.24, 2.45) is 23.5 Å². The summed E-state index contributed by atoms with van der Waals surface area (Å²) in [5, 5.41) is 0. The molecular weight excluding hydrogens is 186 g/mol. The molecule has 0 heterocycles. The van der Waals surface area contributed by atoms with Gasteiger partial charge >= 0.3 is 0 Å². The average Bonchev–Trinajstić information content (AvgIpc) is 2.29. The minimum atomic E-state index is 0.713. The van der Waals surface area contributed by atoms with Gasteiger partial charge in [0.05, 0.1) is 0 Å². The number of hydrogen-bond acceptors (Lipinski definition) is 2. The number of rotatable bonds is 6. The summed E-state index contributed by atoms with van der Waals surface area (Å²) in [5.74, 6) is 2.35. The van der Waals surface area contributed by atoms with Crippen LogP contribution in [0.1, 0.15) is 46.0 Å². The van der Waals surface area contributed by atoms with Gasteiger partial charge in [0.15, 0.2) is 0 Å². The Morgan fingerprint density at radius 2 is 2.00 bits per heavy atom. The Morgan fingerprint density at radius 3 is 2.60 bits per heavy atom. The molecule has 2 N–H and O–H groups in total. The lowest BCUT2D eigenvalue weighted by molar-refractivity contribution is 0.0468. The van der Waals surface area contributed by atoms with E-state index < -0.39 is 0 Å². The van der Waals surface area contributed by atoms with Crippen LogP contribution < -0.4 is 5.73 Å². The van der Waals surface area contributed by atoms with Crippen molar-refractivity contribution >= 4 is 0 Å². The van der Waals surface area contributed by atoms with Crippen LogP contribution in [0.15, 0.2) is 0 Å². The first-order valence-electron chi connectivity index (χ1n) is 6.59. The number of hydrogen-bond donors (Lipinski definition) is 1. The van der Waals surface area contributed by atoms with E-state index in [0.29, 0.717) is 5.92 Å². The van der Waals surface area contributed by atoms with E-state index in [4.69, 9.17) is 10.5 Å². The minimum Gasteiger partial charge on any atom is -0.381 e. The zero-order valence-corrected chi connectivity index (χ0v) is 10.4. The van der Waals surface area contributed by atoms with Gasteiger partial charge in [-0.15, -0.1) is 0 Å². The van der Waals surface area contributed by atoms with Gasteiger partial charge in [-0.1, -0.05) is 26.7 Å². The van der Waals surface area contributed by atoms with Crippen molar-refractivity contribution < 1.29 is 4.74 Å². The van der Waals surface area contributed by atoms with Crippen LogP contribution in [0.25, 0.3) is 0 Å². The smallest absolute Gasteiger partial charge is 0.0497 e. The fourth-order valence-corrected chi connectivity index (χ4v) is 2.69. The molecule has 2 heteroatoms. The summed E-state index contributed by atoms with van der Waals surface area (Å²) in [6.45, 7) is 7.15. The molecule has 1 saturated carbocycles. The maximum Gasteiger partial charge on any atom is 0.0497 e. The van der Waals surface area contributed by atoms with Gasteiger partial charge in [-0.05, 0) is 43.6 Å². The highest BCUT2D eigenvalue weighted by molar-refractivity contribution is 4.80. The lowest BCUT2D eigenvalue weighted by atomic mass is 9.73. The molecule has 1 aliphatic rings. The van der Waals surface area contributed by atoms with Gasteiger partial charge in [0.25, 0.3) is 0 Å². The summed E-state index contributed by atoms with van der Waals surface area (Å²) in [4.78, 5) is 0. The summed E-state index contributed by atoms with van der Waals surface area (Å²) in [6.07, 6.45) is 6.47. The standard InChI is InChI=1S/C13H27NO/c1-3-7-15-10-13-8-11(4-2)5-6-12(13)9-14/h11-13H,3-10,14H2,1-2H3. The molecule has 0 radical (unpaired) electrons. The van der Waals surface area contributed by atoms with Gasteiger partial charge in [0.2, 0.25) is 0 Å². The molecule has 0 aromatic heterocycles. The summed E-state index contributed by atoms with van der Waals surface area (Å²) in [5.41, 5.74) is 5.83. The highest BCUT2D eigenvalue weighted by Crippen LogP contribution is 2.35. The van der Waals surface area contributed by atoms with E-state index in [1.165, 1.54) is 25.7 Å². The molecule has 0 saturated heterocycles. The summed E-state index contributed by atoms with van der Waals surface area (Å²) in [6, 6.07) is 0. The monoisotopic (exact) mass is 213 g/mol. The topological polar surface area (TPSA) is 35.2 Å². The van der Waals surface area contributed by atoms with Crippen molar-refractivity contribution in [2.45, 2.75) is 46.0 Å². The third kappa shape index (κ3) is 4.12. The predicted molar refractivity (Wildman–Crippen MR) is 64.8 cm³/mol. The first-order chi connectivity index (χ1) is 7.31. The van der Waals surface area contributed by atoms with Crippen molar-refractivity contribution in [3.8, 4) is 0 Å². The Balaban J connectivity index is 2.33. The SMILES string of the molecule is CCCOCC1CC(CC)CCC1CN. The van der Waals surface area contributed by atoms with Gasteiger partial charge in [0.1, 0.15) is 0 Å². The van der Waals surface area contributed by atoms with E-state index in [0.717, 1.165) is 38.0 Å². The third-order valence-corrected chi connectivity index (χ3v) is 3.81. The van der Waals surface area contributed by atoms with Crippen LogP contribution >= 0.6 is 0 Å². The minimum absolute atomic E-state index is 0.713.